The van der Waals surface area contributed by atoms with Crippen molar-refractivity contribution < 1.29 is 22.6 Å². The first-order valence-corrected chi connectivity index (χ1v) is 12.0. The molecular weight excluding hydrogens is 389 g/mol. The molecule has 5 heteroatoms. The molecule has 0 bridgehead atoms. The minimum absolute atomic E-state index is 0.0690. The van der Waals surface area contributed by atoms with Gasteiger partial charge in [-0.05, 0) is 55.7 Å². The van der Waals surface area contributed by atoms with Gasteiger partial charge in [-0.1, -0.05) is 51.9 Å². The summed E-state index contributed by atoms with van der Waals surface area (Å²) in [6.45, 7) is 3.79. The fourth-order valence-electron chi connectivity index (χ4n) is 4.92. The van der Waals surface area contributed by atoms with E-state index in [1.807, 2.05) is 0 Å². The number of benzene rings is 1. The van der Waals surface area contributed by atoms with Crippen LogP contribution < -0.4 is 0 Å². The first-order chi connectivity index (χ1) is 14.6. The molecule has 30 heavy (non-hydrogen) atoms. The van der Waals surface area contributed by atoms with Gasteiger partial charge in [-0.25, -0.2) is 13.2 Å². The standard InChI is InChI=1S/C25H37F3O2/c1-2-3-4-5-6-7-8-9-18-16-29-25(30-17-18)20-12-10-19(11-13-20)21-14-22(26)24(28)23(27)15-21/h14-15,18-20,25H,2-13,16-17H2,1H3. The van der Waals surface area contributed by atoms with Gasteiger partial charge in [0.05, 0.1) is 13.2 Å². The molecule has 2 aliphatic rings. The van der Waals surface area contributed by atoms with Gasteiger partial charge in [0.1, 0.15) is 0 Å². The summed E-state index contributed by atoms with van der Waals surface area (Å²) in [4.78, 5) is 0. The van der Waals surface area contributed by atoms with Crippen molar-refractivity contribution in [3.05, 3.63) is 35.1 Å². The summed E-state index contributed by atoms with van der Waals surface area (Å²) in [7, 11) is 0. The smallest absolute Gasteiger partial charge is 0.194 e. The number of hydrogen-bond donors (Lipinski definition) is 0. The molecule has 1 aliphatic carbocycles. The third-order valence-electron chi connectivity index (χ3n) is 6.84. The van der Waals surface area contributed by atoms with Gasteiger partial charge in [-0.3, -0.25) is 0 Å². The van der Waals surface area contributed by atoms with E-state index in [9.17, 15) is 13.2 Å². The van der Waals surface area contributed by atoms with Crippen LogP contribution in [0, 0.1) is 29.3 Å². The fourth-order valence-corrected chi connectivity index (χ4v) is 4.92. The van der Waals surface area contributed by atoms with Gasteiger partial charge in [-0.2, -0.15) is 0 Å². The van der Waals surface area contributed by atoms with Crippen molar-refractivity contribution in [3.8, 4) is 0 Å². The van der Waals surface area contributed by atoms with E-state index >= 15 is 0 Å². The third kappa shape index (κ3) is 6.71. The Morgan fingerprint density at radius 3 is 1.97 bits per heavy atom. The summed E-state index contributed by atoms with van der Waals surface area (Å²) in [5.74, 6) is -2.69. The van der Waals surface area contributed by atoms with Crippen LogP contribution in [0.3, 0.4) is 0 Å². The summed E-state index contributed by atoms with van der Waals surface area (Å²) in [5, 5.41) is 0. The van der Waals surface area contributed by atoms with Gasteiger partial charge in [-0.15, -0.1) is 0 Å². The zero-order chi connectivity index (χ0) is 21.3. The molecule has 2 nitrogen and oxygen atoms in total. The van der Waals surface area contributed by atoms with E-state index in [2.05, 4.69) is 6.92 Å². The van der Waals surface area contributed by atoms with Gasteiger partial charge >= 0.3 is 0 Å². The Morgan fingerprint density at radius 1 is 0.800 bits per heavy atom. The highest BCUT2D eigenvalue weighted by molar-refractivity contribution is 5.23. The SMILES string of the molecule is CCCCCCCCCC1COC(C2CCC(c3cc(F)c(F)c(F)c3)CC2)OC1. The highest BCUT2D eigenvalue weighted by Crippen LogP contribution is 2.39. The maximum absolute atomic E-state index is 13.5. The topological polar surface area (TPSA) is 18.5 Å². The lowest BCUT2D eigenvalue weighted by Gasteiger charge is -2.37. The first-order valence-electron chi connectivity index (χ1n) is 12.0. The van der Waals surface area contributed by atoms with Crippen LogP contribution >= 0.6 is 0 Å². The molecule has 0 spiro atoms. The van der Waals surface area contributed by atoms with E-state index in [0.717, 1.165) is 51.0 Å². The Hall–Kier alpha value is -1.07. The van der Waals surface area contributed by atoms with E-state index in [4.69, 9.17) is 9.47 Å². The summed E-state index contributed by atoms with van der Waals surface area (Å²) < 4.78 is 52.3. The second-order valence-electron chi connectivity index (χ2n) is 9.22. The fraction of sp³-hybridized carbons (Fsp3) is 0.760. The molecule has 1 aliphatic heterocycles. The Kier molecular flexibility index (Phi) is 9.51. The lowest BCUT2D eigenvalue weighted by Crippen LogP contribution is -2.38. The van der Waals surface area contributed by atoms with Crippen molar-refractivity contribution in [3.63, 3.8) is 0 Å². The van der Waals surface area contributed by atoms with E-state index in [-0.39, 0.29) is 12.2 Å². The number of hydrogen-bond acceptors (Lipinski definition) is 2. The third-order valence-corrected chi connectivity index (χ3v) is 6.84. The molecule has 0 unspecified atom stereocenters. The van der Waals surface area contributed by atoms with Crippen LogP contribution in [0.4, 0.5) is 13.2 Å². The number of ether oxygens (including phenoxy) is 2. The molecule has 1 saturated heterocycles. The zero-order valence-electron chi connectivity index (χ0n) is 18.3. The van der Waals surface area contributed by atoms with Gasteiger partial charge in [0.2, 0.25) is 0 Å². The number of rotatable bonds is 10. The van der Waals surface area contributed by atoms with E-state index in [0.29, 0.717) is 17.4 Å². The molecule has 0 N–H and O–H groups in total. The lowest BCUT2D eigenvalue weighted by atomic mass is 9.78. The molecule has 170 valence electrons. The molecule has 1 saturated carbocycles. The zero-order valence-corrected chi connectivity index (χ0v) is 18.3. The molecule has 1 aromatic rings. The Bertz CT molecular complexity index is 612. The van der Waals surface area contributed by atoms with Gasteiger partial charge in [0, 0.05) is 11.8 Å². The van der Waals surface area contributed by atoms with Crippen molar-refractivity contribution >= 4 is 0 Å². The number of halogens is 3. The largest absolute Gasteiger partial charge is 0.352 e. The highest BCUT2D eigenvalue weighted by Gasteiger charge is 2.33. The summed E-state index contributed by atoms with van der Waals surface area (Å²) >= 11 is 0. The average molecular weight is 427 g/mol. The molecule has 0 aromatic heterocycles. The van der Waals surface area contributed by atoms with Crippen molar-refractivity contribution in [2.45, 2.75) is 96.2 Å². The van der Waals surface area contributed by atoms with Crippen molar-refractivity contribution in [1.29, 1.82) is 0 Å². The molecule has 0 atom stereocenters. The van der Waals surface area contributed by atoms with Crippen LogP contribution in [0.25, 0.3) is 0 Å². The maximum atomic E-state index is 13.5. The normalized spacial score (nSPS) is 27.3. The molecule has 3 rings (SSSR count). The highest BCUT2D eigenvalue weighted by atomic mass is 19.2. The second kappa shape index (κ2) is 12.1. The lowest BCUT2D eigenvalue weighted by molar-refractivity contribution is -0.229. The van der Waals surface area contributed by atoms with Crippen LogP contribution in [0.2, 0.25) is 0 Å². The Balaban J connectivity index is 1.33. The molecule has 1 heterocycles. The Labute approximate surface area is 179 Å². The molecule has 0 amide bonds. The van der Waals surface area contributed by atoms with Gasteiger partial charge < -0.3 is 9.47 Å². The summed E-state index contributed by atoms with van der Waals surface area (Å²) in [6, 6.07) is 2.29. The van der Waals surface area contributed by atoms with Crippen LogP contribution in [0.1, 0.15) is 95.5 Å². The summed E-state index contributed by atoms with van der Waals surface area (Å²) in [6.07, 6.45) is 13.7. The predicted octanol–water partition coefficient (Wildman–Crippen LogP) is 7.51. The summed E-state index contributed by atoms with van der Waals surface area (Å²) in [5.41, 5.74) is 0.560. The van der Waals surface area contributed by atoms with Crippen LogP contribution in [-0.4, -0.2) is 19.5 Å². The first kappa shape index (κ1) is 23.6. The Morgan fingerprint density at radius 2 is 1.37 bits per heavy atom. The van der Waals surface area contributed by atoms with Crippen molar-refractivity contribution in [2.75, 3.05) is 13.2 Å². The monoisotopic (exact) mass is 426 g/mol. The predicted molar refractivity (Wildman–Crippen MR) is 113 cm³/mol. The van der Waals surface area contributed by atoms with Crippen molar-refractivity contribution in [1.82, 2.24) is 0 Å². The van der Waals surface area contributed by atoms with Crippen LogP contribution in [-0.2, 0) is 9.47 Å². The molecule has 1 aromatic carbocycles. The molecule has 0 radical (unpaired) electrons. The average Bonchev–Trinajstić information content (AvgIpc) is 2.77. The second-order valence-corrected chi connectivity index (χ2v) is 9.22. The van der Waals surface area contributed by atoms with Gasteiger partial charge in [0.15, 0.2) is 23.7 Å². The van der Waals surface area contributed by atoms with E-state index < -0.39 is 17.5 Å². The van der Waals surface area contributed by atoms with E-state index in [1.54, 1.807) is 0 Å². The minimum Gasteiger partial charge on any atom is -0.352 e. The van der Waals surface area contributed by atoms with Gasteiger partial charge in [0.25, 0.3) is 0 Å². The quantitative estimate of drug-likeness (QED) is 0.285. The van der Waals surface area contributed by atoms with Crippen LogP contribution in [0.5, 0.6) is 0 Å². The molecule has 2 fully saturated rings. The maximum Gasteiger partial charge on any atom is 0.194 e. The molecular formula is C25H37F3O2. The van der Waals surface area contributed by atoms with Crippen LogP contribution in [0.15, 0.2) is 12.1 Å². The minimum atomic E-state index is -1.39. The van der Waals surface area contributed by atoms with E-state index in [1.165, 1.54) is 51.4 Å². The number of unbranched alkanes of at least 4 members (excludes halogenated alkanes) is 6. The van der Waals surface area contributed by atoms with Crippen molar-refractivity contribution in [2.24, 2.45) is 11.8 Å².